The molecule has 1 aliphatic rings. The van der Waals surface area contributed by atoms with Crippen LogP contribution in [0.5, 0.6) is 17.2 Å². The average Bonchev–Trinajstić information content (AvgIpc) is 2.73. The van der Waals surface area contributed by atoms with Gasteiger partial charge in [-0.05, 0) is 12.1 Å². The molecule has 0 fully saturated rings. The minimum absolute atomic E-state index is 0.0769. The zero-order valence-corrected chi connectivity index (χ0v) is 10.6. The maximum atomic E-state index is 12.4. The van der Waals surface area contributed by atoms with E-state index in [4.69, 9.17) is 9.47 Å². The molecule has 0 spiro atoms. The van der Waals surface area contributed by atoms with Gasteiger partial charge >= 0.3 is 0 Å². The molecule has 0 heterocycles. The Kier molecular flexibility index (Phi) is 2.45. The summed E-state index contributed by atoms with van der Waals surface area (Å²) in [6.45, 7) is 0. The van der Waals surface area contributed by atoms with Crippen LogP contribution in [0.4, 0.5) is 0 Å². The highest BCUT2D eigenvalue weighted by Crippen LogP contribution is 2.48. The summed E-state index contributed by atoms with van der Waals surface area (Å²) in [6.07, 6.45) is 0. The van der Waals surface area contributed by atoms with Gasteiger partial charge in [-0.15, -0.1) is 0 Å². The van der Waals surface area contributed by atoms with E-state index in [0.29, 0.717) is 33.8 Å². The molecule has 4 heteroatoms. The standard InChI is InChI=1S/C15H12O4/c1-18-8-6-10-14(12(7-8)19-2)13-9(15(10)17)4-3-5-11(13)16/h3-7,16H,1-2H3. The molecule has 0 saturated heterocycles. The second-order valence-electron chi connectivity index (χ2n) is 4.28. The molecule has 0 amide bonds. The molecule has 2 aromatic rings. The van der Waals surface area contributed by atoms with Crippen LogP contribution < -0.4 is 9.47 Å². The van der Waals surface area contributed by atoms with Crippen LogP contribution in [0, 0.1) is 0 Å². The smallest absolute Gasteiger partial charge is 0.194 e. The van der Waals surface area contributed by atoms with E-state index < -0.39 is 0 Å². The van der Waals surface area contributed by atoms with Crippen molar-refractivity contribution in [3.05, 3.63) is 41.5 Å². The van der Waals surface area contributed by atoms with Crippen LogP contribution >= 0.6 is 0 Å². The first-order valence-electron chi connectivity index (χ1n) is 5.80. The van der Waals surface area contributed by atoms with Gasteiger partial charge in [0.15, 0.2) is 5.78 Å². The van der Waals surface area contributed by atoms with Crippen molar-refractivity contribution in [1.29, 1.82) is 0 Å². The van der Waals surface area contributed by atoms with E-state index in [2.05, 4.69) is 0 Å². The van der Waals surface area contributed by atoms with Gasteiger partial charge in [0.2, 0.25) is 0 Å². The van der Waals surface area contributed by atoms with Crippen molar-refractivity contribution in [2.75, 3.05) is 14.2 Å². The maximum Gasteiger partial charge on any atom is 0.194 e. The Hall–Kier alpha value is -2.49. The fourth-order valence-corrected chi connectivity index (χ4v) is 2.44. The van der Waals surface area contributed by atoms with Gasteiger partial charge in [0.1, 0.15) is 17.2 Å². The molecule has 0 saturated carbocycles. The Bertz CT molecular complexity index is 689. The molecule has 4 nitrogen and oxygen atoms in total. The van der Waals surface area contributed by atoms with Gasteiger partial charge in [-0.25, -0.2) is 0 Å². The van der Waals surface area contributed by atoms with Gasteiger partial charge in [-0.3, -0.25) is 4.79 Å². The van der Waals surface area contributed by atoms with Crippen LogP contribution in [0.15, 0.2) is 30.3 Å². The SMILES string of the molecule is COc1cc(OC)c2c(c1)C(=O)c1cccc(O)c1-2. The number of phenols is 1. The molecule has 3 rings (SSSR count). The number of ketones is 1. The zero-order valence-electron chi connectivity index (χ0n) is 10.6. The monoisotopic (exact) mass is 256 g/mol. The summed E-state index contributed by atoms with van der Waals surface area (Å²) >= 11 is 0. The van der Waals surface area contributed by atoms with Crippen LogP contribution in [0.25, 0.3) is 11.1 Å². The van der Waals surface area contributed by atoms with Gasteiger partial charge < -0.3 is 14.6 Å². The Morgan fingerprint density at radius 1 is 1.00 bits per heavy atom. The summed E-state index contributed by atoms with van der Waals surface area (Å²) in [7, 11) is 3.06. The third kappa shape index (κ3) is 1.50. The molecule has 2 aromatic carbocycles. The topological polar surface area (TPSA) is 55.8 Å². The molecule has 0 unspecified atom stereocenters. The lowest BCUT2D eigenvalue weighted by atomic mass is 10.0. The molecular weight excluding hydrogens is 244 g/mol. The zero-order chi connectivity index (χ0) is 13.6. The van der Waals surface area contributed by atoms with Crippen molar-refractivity contribution in [1.82, 2.24) is 0 Å². The Balaban J connectivity index is 2.39. The molecule has 1 N–H and O–H groups in total. The summed E-state index contributed by atoms with van der Waals surface area (Å²) < 4.78 is 10.5. The normalized spacial score (nSPS) is 12.0. The van der Waals surface area contributed by atoms with Crippen molar-refractivity contribution in [3.63, 3.8) is 0 Å². The van der Waals surface area contributed by atoms with Gasteiger partial charge in [0, 0.05) is 28.3 Å². The lowest BCUT2D eigenvalue weighted by Gasteiger charge is -2.10. The highest BCUT2D eigenvalue weighted by Gasteiger charge is 2.32. The fourth-order valence-electron chi connectivity index (χ4n) is 2.44. The van der Waals surface area contributed by atoms with E-state index in [0.717, 1.165) is 0 Å². The number of hydrogen-bond acceptors (Lipinski definition) is 4. The van der Waals surface area contributed by atoms with Crippen LogP contribution in [0.3, 0.4) is 0 Å². The minimum Gasteiger partial charge on any atom is -0.507 e. The van der Waals surface area contributed by atoms with E-state index in [-0.39, 0.29) is 11.5 Å². The van der Waals surface area contributed by atoms with Gasteiger partial charge in [0.25, 0.3) is 0 Å². The first-order valence-corrected chi connectivity index (χ1v) is 5.80. The van der Waals surface area contributed by atoms with E-state index in [1.54, 1.807) is 30.3 Å². The molecule has 0 atom stereocenters. The van der Waals surface area contributed by atoms with Crippen LogP contribution in [0.2, 0.25) is 0 Å². The van der Waals surface area contributed by atoms with E-state index in [1.807, 2.05) is 0 Å². The van der Waals surface area contributed by atoms with Crippen molar-refractivity contribution < 1.29 is 19.4 Å². The second-order valence-corrected chi connectivity index (χ2v) is 4.28. The number of benzene rings is 2. The Labute approximate surface area is 110 Å². The number of ether oxygens (including phenoxy) is 2. The third-order valence-electron chi connectivity index (χ3n) is 3.31. The van der Waals surface area contributed by atoms with E-state index >= 15 is 0 Å². The van der Waals surface area contributed by atoms with Crippen LogP contribution in [-0.4, -0.2) is 25.1 Å². The number of aromatic hydroxyl groups is 1. The minimum atomic E-state index is -0.127. The van der Waals surface area contributed by atoms with Crippen molar-refractivity contribution in [2.24, 2.45) is 0 Å². The predicted molar refractivity (Wildman–Crippen MR) is 70.1 cm³/mol. The number of carbonyl (C=O) groups excluding carboxylic acids is 1. The molecule has 19 heavy (non-hydrogen) atoms. The highest BCUT2D eigenvalue weighted by molar-refractivity contribution is 6.23. The van der Waals surface area contributed by atoms with Crippen molar-refractivity contribution >= 4 is 5.78 Å². The largest absolute Gasteiger partial charge is 0.507 e. The molecule has 0 radical (unpaired) electrons. The van der Waals surface area contributed by atoms with Gasteiger partial charge in [-0.2, -0.15) is 0 Å². The number of rotatable bonds is 2. The third-order valence-corrected chi connectivity index (χ3v) is 3.31. The summed E-state index contributed by atoms with van der Waals surface area (Å²) in [5.74, 6) is 1.02. The summed E-state index contributed by atoms with van der Waals surface area (Å²) in [5.41, 5.74) is 2.14. The maximum absolute atomic E-state index is 12.4. The van der Waals surface area contributed by atoms with Gasteiger partial charge in [-0.1, -0.05) is 12.1 Å². The lowest BCUT2D eigenvalue weighted by molar-refractivity contribution is 0.104. The number of fused-ring (bicyclic) bond motifs is 3. The van der Waals surface area contributed by atoms with Crippen LogP contribution in [-0.2, 0) is 0 Å². The van der Waals surface area contributed by atoms with Crippen LogP contribution in [0.1, 0.15) is 15.9 Å². The first kappa shape index (κ1) is 11.6. The molecule has 0 bridgehead atoms. The summed E-state index contributed by atoms with van der Waals surface area (Å²) in [5, 5.41) is 10.0. The first-order chi connectivity index (χ1) is 9.17. The molecule has 0 aromatic heterocycles. The Morgan fingerprint density at radius 2 is 1.79 bits per heavy atom. The molecule has 96 valence electrons. The quantitative estimate of drug-likeness (QED) is 0.765. The number of phenolic OH excluding ortho intramolecular Hbond substituents is 1. The molecule has 1 aliphatic carbocycles. The van der Waals surface area contributed by atoms with E-state index in [1.165, 1.54) is 14.2 Å². The Morgan fingerprint density at radius 3 is 2.47 bits per heavy atom. The molecular formula is C15H12O4. The van der Waals surface area contributed by atoms with Crippen molar-refractivity contribution in [3.8, 4) is 28.4 Å². The number of hydrogen-bond donors (Lipinski definition) is 1. The summed E-state index contributed by atoms with van der Waals surface area (Å²) in [6, 6.07) is 8.28. The van der Waals surface area contributed by atoms with Crippen molar-refractivity contribution in [2.45, 2.75) is 0 Å². The van der Waals surface area contributed by atoms with E-state index in [9.17, 15) is 9.90 Å². The number of methoxy groups -OCH3 is 2. The van der Waals surface area contributed by atoms with Gasteiger partial charge in [0.05, 0.1) is 14.2 Å². The lowest BCUT2D eigenvalue weighted by Crippen LogP contribution is -1.97. The highest BCUT2D eigenvalue weighted by atomic mass is 16.5. The second kappa shape index (κ2) is 4.02. The fraction of sp³-hybridized carbons (Fsp3) is 0.133. The number of carbonyl (C=O) groups is 1. The summed E-state index contributed by atoms with van der Waals surface area (Å²) in [4.78, 5) is 12.4. The molecule has 0 aliphatic heterocycles. The average molecular weight is 256 g/mol. The predicted octanol–water partition coefficient (Wildman–Crippen LogP) is 2.62.